The van der Waals surface area contributed by atoms with Gasteiger partial charge in [0.05, 0.1) is 5.75 Å². The Kier molecular flexibility index (Phi) is 5.24. The van der Waals surface area contributed by atoms with Crippen LogP contribution in [0.15, 0.2) is 4.42 Å². The van der Waals surface area contributed by atoms with Crippen LogP contribution in [0.2, 0.25) is 0 Å². The summed E-state index contributed by atoms with van der Waals surface area (Å²) in [5.41, 5.74) is 0. The van der Waals surface area contributed by atoms with Crippen LogP contribution in [0.1, 0.15) is 75.6 Å². The maximum absolute atomic E-state index is 12.6. The van der Waals surface area contributed by atoms with Crippen LogP contribution in [0.4, 0.5) is 0 Å². The predicted octanol–water partition coefficient (Wildman–Crippen LogP) is 2.06. The van der Waals surface area contributed by atoms with Crippen molar-refractivity contribution < 1.29 is 17.6 Å². The van der Waals surface area contributed by atoms with Crippen molar-refractivity contribution in [1.82, 2.24) is 19.4 Å². The number of likely N-dealkylation sites (tertiary alicyclic amines) is 1. The topological polar surface area (TPSA) is 96.6 Å². The van der Waals surface area contributed by atoms with E-state index >= 15 is 0 Å². The first-order valence-corrected chi connectivity index (χ1v) is 11.7. The van der Waals surface area contributed by atoms with Gasteiger partial charge in [-0.1, -0.05) is 0 Å². The van der Waals surface area contributed by atoms with Gasteiger partial charge >= 0.3 is 0 Å². The van der Waals surface area contributed by atoms with Crippen molar-refractivity contribution in [2.75, 3.05) is 25.4 Å². The molecule has 2 aliphatic heterocycles. The highest BCUT2D eigenvalue weighted by Crippen LogP contribution is 2.38. The van der Waals surface area contributed by atoms with Crippen molar-refractivity contribution in [3.8, 4) is 0 Å². The van der Waals surface area contributed by atoms with Crippen molar-refractivity contribution in [1.29, 1.82) is 0 Å². The van der Waals surface area contributed by atoms with Crippen LogP contribution in [-0.4, -0.2) is 59.1 Å². The van der Waals surface area contributed by atoms with E-state index in [0.29, 0.717) is 37.7 Å². The van der Waals surface area contributed by atoms with Gasteiger partial charge in [-0.05, 0) is 51.9 Å². The fourth-order valence-electron chi connectivity index (χ4n) is 4.13. The molecule has 1 aromatic heterocycles. The number of nitrogens with zero attached hydrogens (tertiary/aromatic N) is 4. The number of hydrogen-bond acceptors (Lipinski definition) is 6. The van der Waals surface area contributed by atoms with Gasteiger partial charge < -0.3 is 9.32 Å². The first-order valence-electron chi connectivity index (χ1n) is 10.1. The van der Waals surface area contributed by atoms with E-state index in [4.69, 9.17) is 4.42 Å². The smallest absolute Gasteiger partial charge is 0.238 e. The van der Waals surface area contributed by atoms with Crippen LogP contribution in [0.5, 0.6) is 0 Å². The maximum Gasteiger partial charge on any atom is 0.238 e. The molecule has 1 saturated carbocycles. The second-order valence-electron chi connectivity index (χ2n) is 7.87. The summed E-state index contributed by atoms with van der Waals surface area (Å²) in [4.78, 5) is 14.5. The van der Waals surface area contributed by atoms with Gasteiger partial charge in [0.15, 0.2) is 0 Å². The number of sulfonamides is 1. The summed E-state index contributed by atoms with van der Waals surface area (Å²) in [6, 6.07) is -0.103. The quantitative estimate of drug-likeness (QED) is 0.756. The largest absolute Gasteiger partial charge is 0.423 e. The minimum absolute atomic E-state index is 0.0886. The van der Waals surface area contributed by atoms with Gasteiger partial charge in [0.2, 0.25) is 27.7 Å². The van der Waals surface area contributed by atoms with Crippen molar-refractivity contribution in [3.63, 3.8) is 0 Å². The minimum atomic E-state index is -3.14. The SMILES string of the molecule is CCS(=O)(=O)N1CCC(c2nnc(C3CCCCN3C(=O)C3CC3)o2)CC1. The van der Waals surface area contributed by atoms with Gasteiger partial charge in [0, 0.05) is 31.5 Å². The van der Waals surface area contributed by atoms with Crippen molar-refractivity contribution in [2.45, 2.75) is 63.8 Å². The molecule has 27 heavy (non-hydrogen) atoms. The highest BCUT2D eigenvalue weighted by atomic mass is 32.2. The molecule has 0 spiro atoms. The van der Waals surface area contributed by atoms with Crippen LogP contribution < -0.4 is 0 Å². The van der Waals surface area contributed by atoms with Crippen LogP contribution in [0.3, 0.4) is 0 Å². The summed E-state index contributed by atoms with van der Waals surface area (Å²) < 4.78 is 31.6. The van der Waals surface area contributed by atoms with Gasteiger partial charge in [0.1, 0.15) is 6.04 Å². The van der Waals surface area contributed by atoms with E-state index in [2.05, 4.69) is 10.2 Å². The van der Waals surface area contributed by atoms with Crippen molar-refractivity contribution in [3.05, 3.63) is 11.8 Å². The first kappa shape index (κ1) is 18.9. The number of carbonyl (C=O) groups is 1. The molecule has 1 unspecified atom stereocenters. The number of carbonyl (C=O) groups excluding carboxylic acids is 1. The standard InChI is InChI=1S/C18H28N4O4S/c1-2-27(24,25)21-11-8-13(9-12-21)16-19-20-17(26-16)15-5-3-4-10-22(15)18(23)14-6-7-14/h13-15H,2-12H2,1H3. The molecule has 150 valence electrons. The Labute approximate surface area is 160 Å². The molecule has 4 rings (SSSR count). The lowest BCUT2D eigenvalue weighted by Crippen LogP contribution is -2.39. The summed E-state index contributed by atoms with van der Waals surface area (Å²) in [5.74, 6) is 1.78. The molecule has 1 aromatic rings. The third-order valence-electron chi connectivity index (χ3n) is 6.02. The minimum Gasteiger partial charge on any atom is -0.423 e. The van der Waals surface area contributed by atoms with Gasteiger partial charge in [-0.2, -0.15) is 0 Å². The summed E-state index contributed by atoms with van der Waals surface area (Å²) in [6.07, 6.45) is 6.33. The van der Waals surface area contributed by atoms with Crippen LogP contribution >= 0.6 is 0 Å². The monoisotopic (exact) mass is 396 g/mol. The van der Waals surface area contributed by atoms with E-state index in [1.807, 2.05) is 4.90 Å². The Balaban J connectivity index is 1.43. The van der Waals surface area contributed by atoms with Crippen LogP contribution in [-0.2, 0) is 14.8 Å². The molecule has 1 atom stereocenters. The number of amides is 1. The zero-order chi connectivity index (χ0) is 19.0. The maximum atomic E-state index is 12.6. The molecule has 3 fully saturated rings. The molecule has 0 aromatic carbocycles. The third kappa shape index (κ3) is 3.89. The Bertz CT molecular complexity index is 781. The molecule has 0 radical (unpaired) electrons. The molecule has 1 amide bonds. The van der Waals surface area contributed by atoms with Gasteiger partial charge in [0.25, 0.3) is 0 Å². The van der Waals surface area contributed by atoms with E-state index in [1.165, 1.54) is 0 Å². The van der Waals surface area contributed by atoms with Gasteiger partial charge in [-0.3, -0.25) is 4.79 Å². The third-order valence-corrected chi connectivity index (χ3v) is 7.90. The zero-order valence-corrected chi connectivity index (χ0v) is 16.7. The Morgan fingerprint density at radius 2 is 1.74 bits per heavy atom. The fourth-order valence-corrected chi connectivity index (χ4v) is 5.26. The first-order chi connectivity index (χ1) is 13.0. The van der Waals surface area contributed by atoms with E-state index in [9.17, 15) is 13.2 Å². The van der Waals surface area contributed by atoms with E-state index < -0.39 is 10.0 Å². The molecule has 3 aliphatic rings. The van der Waals surface area contributed by atoms with Crippen molar-refractivity contribution in [2.24, 2.45) is 5.92 Å². The summed E-state index contributed by atoms with van der Waals surface area (Å²) in [5, 5.41) is 8.52. The van der Waals surface area contributed by atoms with Gasteiger partial charge in [-0.15, -0.1) is 10.2 Å². The molecule has 0 bridgehead atoms. The Morgan fingerprint density at radius 1 is 1.04 bits per heavy atom. The molecule has 0 N–H and O–H groups in total. The zero-order valence-electron chi connectivity index (χ0n) is 15.8. The van der Waals surface area contributed by atoms with E-state index in [-0.39, 0.29) is 29.5 Å². The molecule has 8 nitrogen and oxygen atoms in total. The molecule has 2 saturated heterocycles. The predicted molar refractivity (Wildman–Crippen MR) is 98.3 cm³/mol. The second kappa shape index (κ2) is 7.50. The highest BCUT2D eigenvalue weighted by molar-refractivity contribution is 7.89. The summed E-state index contributed by atoms with van der Waals surface area (Å²) >= 11 is 0. The molecule has 9 heteroatoms. The lowest BCUT2D eigenvalue weighted by Gasteiger charge is -2.33. The molecular formula is C18H28N4O4S. The number of hydrogen-bond donors (Lipinski definition) is 0. The molecular weight excluding hydrogens is 368 g/mol. The Morgan fingerprint density at radius 3 is 2.41 bits per heavy atom. The number of aromatic nitrogens is 2. The van der Waals surface area contributed by atoms with E-state index in [1.54, 1.807) is 11.2 Å². The summed E-state index contributed by atoms with van der Waals surface area (Å²) in [7, 11) is -3.14. The highest BCUT2D eigenvalue weighted by Gasteiger charge is 2.40. The van der Waals surface area contributed by atoms with Gasteiger partial charge in [-0.25, -0.2) is 12.7 Å². The normalized spacial score (nSPS) is 25.7. The fraction of sp³-hybridized carbons (Fsp3) is 0.833. The van der Waals surface area contributed by atoms with Crippen LogP contribution in [0, 0.1) is 5.92 Å². The Hall–Kier alpha value is -1.48. The molecule has 3 heterocycles. The number of rotatable bonds is 5. The lowest BCUT2D eigenvalue weighted by molar-refractivity contribution is -0.137. The number of piperidine rings is 2. The van der Waals surface area contributed by atoms with Crippen molar-refractivity contribution >= 4 is 15.9 Å². The molecule has 1 aliphatic carbocycles. The summed E-state index contributed by atoms with van der Waals surface area (Å²) in [6.45, 7) is 3.43. The second-order valence-corrected chi connectivity index (χ2v) is 10.1. The van der Waals surface area contributed by atoms with E-state index in [0.717, 1.165) is 38.6 Å². The lowest BCUT2D eigenvalue weighted by atomic mass is 9.98. The van der Waals surface area contributed by atoms with Crippen LogP contribution in [0.25, 0.3) is 0 Å². The average Bonchev–Trinajstić information content (AvgIpc) is 3.44. The average molecular weight is 397 g/mol.